The van der Waals surface area contributed by atoms with Crippen LogP contribution in [0.3, 0.4) is 0 Å². The molecule has 186 valence electrons. The highest BCUT2D eigenvalue weighted by molar-refractivity contribution is 6.32. The summed E-state index contributed by atoms with van der Waals surface area (Å²) in [6.45, 7) is 3.30. The number of carbonyl (C=O) groups excluding carboxylic acids is 1. The molecule has 1 saturated heterocycles. The van der Waals surface area contributed by atoms with Gasteiger partial charge in [-0.3, -0.25) is 14.4 Å². The number of hydrogen-bond acceptors (Lipinski definition) is 7. The fourth-order valence-electron chi connectivity index (χ4n) is 4.70. The Kier molecular flexibility index (Phi) is 6.30. The van der Waals surface area contributed by atoms with Crippen LogP contribution in [0.15, 0.2) is 48.7 Å². The van der Waals surface area contributed by atoms with Crippen molar-refractivity contribution in [2.24, 2.45) is 0 Å². The Hall–Kier alpha value is -3.47. The second-order valence-electron chi connectivity index (χ2n) is 9.14. The molecule has 2 aromatic carbocycles. The largest absolute Gasteiger partial charge is 0.492 e. The monoisotopic (exact) mass is 507 g/mol. The van der Waals surface area contributed by atoms with E-state index in [9.17, 15) is 4.79 Å². The SMILES string of the molecule is O=C1N[C@H]2CN(Cc3nc4ccccc4[nH]3)C[C@@H]2OCc2cn(nn2)CCCOc2cc1ccc2Cl. The summed E-state index contributed by atoms with van der Waals surface area (Å²) in [5.74, 6) is 1.17. The summed E-state index contributed by atoms with van der Waals surface area (Å²) in [7, 11) is 0. The number of para-hydroxylation sites is 2. The number of hydrogen-bond donors (Lipinski definition) is 2. The average Bonchev–Trinajstić information content (AvgIpc) is 3.59. The van der Waals surface area contributed by atoms with Crippen LogP contribution in [0.1, 0.15) is 28.3 Å². The zero-order valence-corrected chi connectivity index (χ0v) is 20.3. The molecule has 2 aliphatic rings. The lowest BCUT2D eigenvalue weighted by Crippen LogP contribution is -2.44. The number of amides is 1. The first kappa shape index (κ1) is 23.0. The van der Waals surface area contributed by atoms with E-state index in [0.29, 0.717) is 55.7 Å². The van der Waals surface area contributed by atoms with Gasteiger partial charge in [0.25, 0.3) is 5.91 Å². The van der Waals surface area contributed by atoms with Gasteiger partial charge in [-0.25, -0.2) is 4.98 Å². The van der Waals surface area contributed by atoms with E-state index in [-0.39, 0.29) is 18.1 Å². The van der Waals surface area contributed by atoms with Gasteiger partial charge in [0.05, 0.1) is 54.2 Å². The average molecular weight is 508 g/mol. The third-order valence-electron chi connectivity index (χ3n) is 6.48. The summed E-state index contributed by atoms with van der Waals surface area (Å²) in [5, 5.41) is 12.0. The number of nitrogens with one attached hydrogen (secondary N) is 2. The van der Waals surface area contributed by atoms with Crippen molar-refractivity contribution in [3.63, 3.8) is 0 Å². The van der Waals surface area contributed by atoms with Crippen molar-refractivity contribution < 1.29 is 14.3 Å². The molecule has 36 heavy (non-hydrogen) atoms. The fourth-order valence-corrected chi connectivity index (χ4v) is 4.87. The normalized spacial score (nSPS) is 21.2. The van der Waals surface area contributed by atoms with Crippen molar-refractivity contribution in [1.29, 1.82) is 0 Å². The van der Waals surface area contributed by atoms with Crippen molar-refractivity contribution in [3.05, 3.63) is 70.8 Å². The zero-order chi connectivity index (χ0) is 24.5. The number of imidazole rings is 1. The Morgan fingerprint density at radius 3 is 3.00 bits per heavy atom. The maximum atomic E-state index is 13.2. The first-order valence-corrected chi connectivity index (χ1v) is 12.4. The van der Waals surface area contributed by atoms with E-state index in [1.165, 1.54) is 0 Å². The number of nitrogens with zero attached hydrogens (tertiary/aromatic N) is 5. The number of H-pyrrole nitrogens is 1. The number of aryl methyl sites for hydroxylation is 1. The molecule has 6 rings (SSSR count). The summed E-state index contributed by atoms with van der Waals surface area (Å²) in [5.41, 5.74) is 3.18. The van der Waals surface area contributed by atoms with Gasteiger partial charge < -0.3 is 19.8 Å². The molecule has 4 bridgehead atoms. The number of benzene rings is 2. The molecular weight excluding hydrogens is 482 g/mol. The number of fused-ring (bicyclic) bond motifs is 6. The van der Waals surface area contributed by atoms with Crippen LogP contribution >= 0.6 is 11.6 Å². The molecule has 4 aromatic rings. The van der Waals surface area contributed by atoms with Crippen LogP contribution < -0.4 is 10.1 Å². The Labute approximate surface area is 212 Å². The topological polar surface area (TPSA) is 110 Å². The van der Waals surface area contributed by atoms with E-state index < -0.39 is 0 Å². The first-order chi connectivity index (χ1) is 17.6. The molecular formula is C25H26ClN7O3. The van der Waals surface area contributed by atoms with Gasteiger partial charge in [-0.1, -0.05) is 28.9 Å². The van der Waals surface area contributed by atoms with E-state index in [1.807, 2.05) is 30.5 Å². The summed E-state index contributed by atoms with van der Waals surface area (Å²) in [4.78, 5) is 23.5. The van der Waals surface area contributed by atoms with Crippen LogP contribution in [0.4, 0.5) is 0 Å². The van der Waals surface area contributed by atoms with Gasteiger partial charge in [-0.15, -0.1) is 5.10 Å². The molecule has 11 heteroatoms. The maximum Gasteiger partial charge on any atom is 0.251 e. The molecule has 0 saturated carbocycles. The molecule has 2 atom stereocenters. The van der Waals surface area contributed by atoms with E-state index in [0.717, 1.165) is 29.0 Å². The summed E-state index contributed by atoms with van der Waals surface area (Å²) >= 11 is 6.31. The molecule has 1 amide bonds. The van der Waals surface area contributed by atoms with Gasteiger partial charge in [0, 0.05) is 31.6 Å². The van der Waals surface area contributed by atoms with Gasteiger partial charge in [0.15, 0.2) is 0 Å². The fraction of sp³-hybridized carbons (Fsp3) is 0.360. The standard InChI is InChI=1S/C25H26ClN7O3/c26-18-7-6-16-10-22(18)35-9-3-8-33-11-17(30-31-33)15-36-23-13-32(12-21(23)29-25(16)34)14-24-27-19-4-1-2-5-20(19)28-24/h1-2,4-7,10-11,21,23H,3,8-9,12-15H2,(H,27,28)(H,29,34)/t21-,23-/m0/s1. The van der Waals surface area contributed by atoms with E-state index in [4.69, 9.17) is 26.1 Å². The smallest absolute Gasteiger partial charge is 0.251 e. The van der Waals surface area contributed by atoms with Crippen LogP contribution in [0.2, 0.25) is 5.02 Å². The Morgan fingerprint density at radius 2 is 2.08 bits per heavy atom. The van der Waals surface area contributed by atoms with Crippen molar-refractivity contribution in [3.8, 4) is 5.75 Å². The van der Waals surface area contributed by atoms with Crippen LogP contribution in [0.25, 0.3) is 11.0 Å². The van der Waals surface area contributed by atoms with E-state index in [2.05, 4.69) is 25.5 Å². The maximum absolute atomic E-state index is 13.2. The molecule has 2 N–H and O–H groups in total. The molecule has 4 heterocycles. The highest BCUT2D eigenvalue weighted by atomic mass is 35.5. The summed E-state index contributed by atoms with van der Waals surface area (Å²) in [6, 6.07) is 12.8. The molecule has 0 radical (unpaired) electrons. The van der Waals surface area contributed by atoms with Gasteiger partial charge >= 0.3 is 0 Å². The minimum absolute atomic E-state index is 0.196. The number of aromatic nitrogens is 5. The van der Waals surface area contributed by atoms with Crippen molar-refractivity contribution in [2.75, 3.05) is 19.7 Å². The Bertz CT molecular complexity index is 1350. The van der Waals surface area contributed by atoms with Gasteiger partial charge in [0.1, 0.15) is 17.3 Å². The lowest BCUT2D eigenvalue weighted by Gasteiger charge is -2.20. The van der Waals surface area contributed by atoms with Gasteiger partial charge in [-0.05, 0) is 30.3 Å². The highest BCUT2D eigenvalue weighted by Crippen LogP contribution is 2.26. The molecule has 0 spiro atoms. The van der Waals surface area contributed by atoms with E-state index >= 15 is 0 Å². The van der Waals surface area contributed by atoms with Gasteiger partial charge in [0.2, 0.25) is 0 Å². The lowest BCUT2D eigenvalue weighted by atomic mass is 10.1. The molecule has 1 fully saturated rings. The van der Waals surface area contributed by atoms with Crippen LogP contribution in [-0.2, 0) is 24.4 Å². The summed E-state index contributed by atoms with van der Waals surface area (Å²) in [6.07, 6.45) is 2.38. The minimum Gasteiger partial charge on any atom is -0.492 e. The Balaban J connectivity index is 1.24. The third kappa shape index (κ3) is 4.92. The van der Waals surface area contributed by atoms with Gasteiger partial charge in [-0.2, -0.15) is 0 Å². The second kappa shape index (κ2) is 9.88. The number of likely N-dealkylation sites (tertiary alicyclic amines) is 1. The van der Waals surface area contributed by atoms with Crippen LogP contribution in [-0.4, -0.2) is 67.6 Å². The second-order valence-corrected chi connectivity index (χ2v) is 9.55. The number of carbonyl (C=O) groups is 1. The van der Waals surface area contributed by atoms with Crippen molar-refractivity contribution in [2.45, 2.75) is 38.3 Å². The van der Waals surface area contributed by atoms with E-state index in [1.54, 1.807) is 22.9 Å². The number of aromatic amines is 1. The molecule has 0 unspecified atom stereocenters. The number of halogens is 1. The molecule has 2 aromatic heterocycles. The third-order valence-corrected chi connectivity index (χ3v) is 6.80. The predicted octanol–water partition coefficient (Wildman–Crippen LogP) is 2.79. The summed E-state index contributed by atoms with van der Waals surface area (Å²) < 4.78 is 13.9. The zero-order valence-electron chi connectivity index (χ0n) is 19.6. The molecule has 0 aliphatic carbocycles. The Morgan fingerprint density at radius 1 is 1.17 bits per heavy atom. The van der Waals surface area contributed by atoms with Crippen LogP contribution in [0.5, 0.6) is 5.75 Å². The minimum atomic E-state index is -0.223. The van der Waals surface area contributed by atoms with Crippen molar-refractivity contribution in [1.82, 2.24) is 35.2 Å². The predicted molar refractivity (Wildman–Crippen MR) is 133 cm³/mol. The quantitative estimate of drug-likeness (QED) is 0.429. The van der Waals surface area contributed by atoms with Crippen LogP contribution in [0, 0.1) is 0 Å². The first-order valence-electron chi connectivity index (χ1n) is 12.0. The highest BCUT2D eigenvalue weighted by Gasteiger charge is 2.35. The lowest BCUT2D eigenvalue weighted by molar-refractivity contribution is 0.0293. The number of rotatable bonds is 2. The molecule has 2 aliphatic heterocycles. The molecule has 10 nitrogen and oxygen atoms in total. The van der Waals surface area contributed by atoms with Crippen molar-refractivity contribution >= 4 is 28.5 Å². The number of ether oxygens (including phenoxy) is 2.